The van der Waals surface area contributed by atoms with Crippen molar-refractivity contribution in [2.45, 2.75) is 43.9 Å². The van der Waals surface area contributed by atoms with Crippen molar-refractivity contribution >= 4 is 17.8 Å². The maximum Gasteiger partial charge on any atom is 0.406 e. The maximum absolute atomic E-state index is 12.5. The van der Waals surface area contributed by atoms with Crippen LogP contribution in [0.4, 0.5) is 18.0 Å². The predicted molar refractivity (Wildman–Crippen MR) is 67.6 cm³/mol. The van der Waals surface area contributed by atoms with Crippen LogP contribution >= 0.6 is 0 Å². The molecule has 3 aliphatic rings. The molecule has 0 aromatic carbocycles. The molecule has 0 aliphatic carbocycles. The number of urea groups is 1. The van der Waals surface area contributed by atoms with E-state index in [1.54, 1.807) is 6.92 Å². The highest BCUT2D eigenvalue weighted by molar-refractivity contribution is 6.10. The Balaban J connectivity index is 1.80. The third-order valence-electron chi connectivity index (χ3n) is 4.71. The summed E-state index contributed by atoms with van der Waals surface area (Å²) in [5, 5.41) is 0. The van der Waals surface area contributed by atoms with E-state index in [4.69, 9.17) is 0 Å². The molecule has 2 unspecified atom stereocenters. The van der Waals surface area contributed by atoms with E-state index in [2.05, 4.69) is 0 Å². The number of alkyl halides is 3. The van der Waals surface area contributed by atoms with Crippen molar-refractivity contribution in [2.75, 3.05) is 19.6 Å². The molecule has 3 rings (SSSR count). The monoisotopic (exact) mass is 319 g/mol. The fraction of sp³-hybridized carbons (Fsp3) is 0.769. The van der Waals surface area contributed by atoms with Crippen molar-refractivity contribution in [1.82, 2.24) is 14.7 Å². The molecule has 3 saturated heterocycles. The predicted octanol–water partition coefficient (Wildman–Crippen LogP) is 0.966. The van der Waals surface area contributed by atoms with Crippen molar-refractivity contribution in [3.8, 4) is 0 Å². The molecule has 4 amide bonds. The number of amides is 4. The Bertz CT molecular complexity index is 550. The number of nitrogens with zero attached hydrogens (tertiary/aromatic N) is 3. The first-order valence-corrected chi connectivity index (χ1v) is 7.16. The van der Waals surface area contributed by atoms with Gasteiger partial charge in [-0.3, -0.25) is 9.59 Å². The van der Waals surface area contributed by atoms with Gasteiger partial charge in [0.15, 0.2) is 0 Å². The standard InChI is InChI=1S/C13H16F3N3O3/c1-12-4-2-5-18(12)11(22)19(10(12)21)8-3-6-17(9(8)20)7-13(14,15)16/h8H,2-7H2,1H3. The summed E-state index contributed by atoms with van der Waals surface area (Å²) in [6.45, 7) is 0.633. The minimum atomic E-state index is -4.49. The lowest BCUT2D eigenvalue weighted by Gasteiger charge is -2.23. The van der Waals surface area contributed by atoms with Crippen LogP contribution in [-0.4, -0.2) is 69.9 Å². The fourth-order valence-electron chi connectivity index (χ4n) is 3.58. The van der Waals surface area contributed by atoms with Gasteiger partial charge in [-0.1, -0.05) is 0 Å². The van der Waals surface area contributed by atoms with Crippen molar-refractivity contribution < 1.29 is 27.6 Å². The van der Waals surface area contributed by atoms with E-state index < -0.39 is 42.1 Å². The van der Waals surface area contributed by atoms with Gasteiger partial charge in [0.2, 0.25) is 5.91 Å². The molecule has 0 N–H and O–H groups in total. The number of fused-ring (bicyclic) bond motifs is 1. The minimum Gasteiger partial charge on any atom is -0.332 e. The van der Waals surface area contributed by atoms with Crippen LogP contribution in [0, 0.1) is 0 Å². The van der Waals surface area contributed by atoms with Crippen molar-refractivity contribution in [3.05, 3.63) is 0 Å². The zero-order chi connectivity index (χ0) is 16.3. The van der Waals surface area contributed by atoms with Gasteiger partial charge in [0.1, 0.15) is 18.1 Å². The smallest absolute Gasteiger partial charge is 0.332 e. The zero-order valence-electron chi connectivity index (χ0n) is 12.0. The van der Waals surface area contributed by atoms with Gasteiger partial charge < -0.3 is 9.80 Å². The van der Waals surface area contributed by atoms with E-state index in [1.165, 1.54) is 4.90 Å². The molecule has 0 aromatic rings. The van der Waals surface area contributed by atoms with Gasteiger partial charge in [0.05, 0.1) is 0 Å². The summed E-state index contributed by atoms with van der Waals surface area (Å²) in [4.78, 5) is 40.0. The van der Waals surface area contributed by atoms with E-state index in [9.17, 15) is 27.6 Å². The van der Waals surface area contributed by atoms with Gasteiger partial charge in [0.25, 0.3) is 5.91 Å². The largest absolute Gasteiger partial charge is 0.406 e. The molecule has 9 heteroatoms. The summed E-state index contributed by atoms with van der Waals surface area (Å²) in [7, 11) is 0. The van der Waals surface area contributed by atoms with Crippen LogP contribution in [0.2, 0.25) is 0 Å². The number of carbonyl (C=O) groups excluding carboxylic acids is 3. The SMILES string of the molecule is CC12CCCN1C(=O)N(C1CCN(CC(F)(F)F)C1=O)C2=O. The van der Waals surface area contributed by atoms with E-state index in [0.717, 1.165) is 4.90 Å². The summed E-state index contributed by atoms with van der Waals surface area (Å²) >= 11 is 0. The molecule has 0 spiro atoms. The van der Waals surface area contributed by atoms with Crippen molar-refractivity contribution in [2.24, 2.45) is 0 Å². The van der Waals surface area contributed by atoms with Crippen LogP contribution in [0.15, 0.2) is 0 Å². The van der Waals surface area contributed by atoms with Crippen molar-refractivity contribution in [1.29, 1.82) is 0 Å². The summed E-state index contributed by atoms with van der Waals surface area (Å²) in [5.74, 6) is -1.27. The molecule has 2 atom stereocenters. The lowest BCUT2D eigenvalue weighted by molar-refractivity contribution is -0.159. The van der Waals surface area contributed by atoms with Crippen LogP contribution in [0.1, 0.15) is 26.2 Å². The average Bonchev–Trinajstić information content (AvgIpc) is 2.99. The highest BCUT2D eigenvalue weighted by atomic mass is 19.4. The minimum absolute atomic E-state index is 0.0519. The van der Waals surface area contributed by atoms with Gasteiger partial charge in [-0.25, -0.2) is 9.69 Å². The first kappa shape index (κ1) is 15.1. The lowest BCUT2D eigenvalue weighted by atomic mass is 9.99. The quantitative estimate of drug-likeness (QED) is 0.713. The Morgan fingerprint density at radius 3 is 2.50 bits per heavy atom. The molecule has 0 radical (unpaired) electrons. The Kier molecular flexibility index (Phi) is 3.16. The summed E-state index contributed by atoms with van der Waals surface area (Å²) in [6, 6.07) is -1.66. The van der Waals surface area contributed by atoms with E-state index in [1.807, 2.05) is 0 Å². The van der Waals surface area contributed by atoms with Gasteiger partial charge in [0, 0.05) is 13.1 Å². The van der Waals surface area contributed by atoms with Crippen LogP contribution in [0.5, 0.6) is 0 Å². The molecular weight excluding hydrogens is 303 g/mol. The summed E-state index contributed by atoms with van der Waals surface area (Å²) in [5.41, 5.74) is -0.950. The van der Waals surface area contributed by atoms with Crippen molar-refractivity contribution in [3.63, 3.8) is 0 Å². The molecule has 122 valence electrons. The number of hydrogen-bond acceptors (Lipinski definition) is 3. The molecule has 0 saturated carbocycles. The number of likely N-dealkylation sites (tertiary alicyclic amines) is 1. The van der Waals surface area contributed by atoms with Gasteiger partial charge in [-0.2, -0.15) is 13.2 Å². The summed E-state index contributed by atoms with van der Waals surface area (Å²) in [6.07, 6.45) is -3.21. The fourth-order valence-corrected chi connectivity index (χ4v) is 3.58. The highest BCUT2D eigenvalue weighted by Crippen LogP contribution is 2.39. The van der Waals surface area contributed by atoms with Gasteiger partial charge in [-0.15, -0.1) is 0 Å². The Hall–Kier alpha value is -1.80. The molecule has 3 fully saturated rings. The van der Waals surface area contributed by atoms with Crippen LogP contribution in [-0.2, 0) is 9.59 Å². The van der Waals surface area contributed by atoms with Gasteiger partial charge >= 0.3 is 12.2 Å². The second-order valence-corrected chi connectivity index (χ2v) is 6.17. The van der Waals surface area contributed by atoms with E-state index in [0.29, 0.717) is 24.3 Å². The molecule has 3 aliphatic heterocycles. The van der Waals surface area contributed by atoms with Gasteiger partial charge in [-0.05, 0) is 26.2 Å². The molecule has 3 heterocycles. The van der Waals surface area contributed by atoms with Crippen LogP contribution < -0.4 is 0 Å². The van der Waals surface area contributed by atoms with E-state index >= 15 is 0 Å². The highest BCUT2D eigenvalue weighted by Gasteiger charge is 2.60. The third-order valence-corrected chi connectivity index (χ3v) is 4.71. The molecule has 0 bridgehead atoms. The second kappa shape index (κ2) is 4.60. The molecule has 0 aromatic heterocycles. The Morgan fingerprint density at radius 1 is 1.23 bits per heavy atom. The number of carbonyl (C=O) groups is 3. The Morgan fingerprint density at radius 2 is 1.91 bits per heavy atom. The third kappa shape index (κ3) is 2.05. The molecule has 6 nitrogen and oxygen atoms in total. The first-order valence-electron chi connectivity index (χ1n) is 7.16. The zero-order valence-corrected chi connectivity index (χ0v) is 12.0. The summed E-state index contributed by atoms with van der Waals surface area (Å²) < 4.78 is 37.3. The second-order valence-electron chi connectivity index (χ2n) is 6.17. The Labute approximate surface area is 124 Å². The average molecular weight is 319 g/mol. The topological polar surface area (TPSA) is 60.9 Å². The molecular formula is C13H16F3N3O3. The number of rotatable bonds is 2. The molecule has 22 heavy (non-hydrogen) atoms. The van der Waals surface area contributed by atoms with Crippen LogP contribution in [0.25, 0.3) is 0 Å². The number of halogens is 3. The number of imide groups is 1. The first-order chi connectivity index (χ1) is 10.1. The van der Waals surface area contributed by atoms with Crippen LogP contribution in [0.3, 0.4) is 0 Å². The normalized spacial score (nSPS) is 32.5. The lowest BCUT2D eigenvalue weighted by Crippen LogP contribution is -2.48. The maximum atomic E-state index is 12.5. The number of hydrogen-bond donors (Lipinski definition) is 0. The van der Waals surface area contributed by atoms with E-state index in [-0.39, 0.29) is 13.0 Å².